The first-order valence-corrected chi connectivity index (χ1v) is 9.41. The van der Waals surface area contributed by atoms with Crippen LogP contribution in [0.3, 0.4) is 0 Å². The molecule has 1 aromatic carbocycles. The van der Waals surface area contributed by atoms with Gasteiger partial charge in [0.1, 0.15) is 17.9 Å². The van der Waals surface area contributed by atoms with Gasteiger partial charge in [-0.3, -0.25) is 18.7 Å². The SMILES string of the molecule is C[C@@H]1CCCC[NH+]1CC(=O)c1c(N)n(Cc2ccccc2)c(=O)n(C)c1=O. The van der Waals surface area contributed by atoms with Crippen molar-refractivity contribution in [2.75, 3.05) is 18.8 Å². The van der Waals surface area contributed by atoms with Gasteiger partial charge >= 0.3 is 5.69 Å². The summed E-state index contributed by atoms with van der Waals surface area (Å²) in [5, 5.41) is 0. The van der Waals surface area contributed by atoms with Gasteiger partial charge in [0.2, 0.25) is 5.78 Å². The Bertz CT molecular complexity index is 946. The molecule has 7 heteroatoms. The number of quaternary nitrogens is 1. The van der Waals surface area contributed by atoms with Crippen LogP contribution < -0.4 is 21.9 Å². The maximum Gasteiger partial charge on any atom is 0.332 e. The highest BCUT2D eigenvalue weighted by Crippen LogP contribution is 2.09. The third kappa shape index (κ3) is 3.88. The van der Waals surface area contributed by atoms with E-state index >= 15 is 0 Å². The standard InChI is InChI=1S/C20H26N4O3/c1-14-8-6-7-11-23(14)13-16(25)17-18(21)24(20(27)22(2)19(17)26)12-15-9-4-3-5-10-15/h3-5,9-10,14H,6-8,11-13,21H2,1-2H3/p+1/t14-/m1/s1. The number of aromatic nitrogens is 2. The molecule has 0 radical (unpaired) electrons. The van der Waals surface area contributed by atoms with Gasteiger partial charge in [0.05, 0.1) is 19.1 Å². The summed E-state index contributed by atoms with van der Waals surface area (Å²) in [6.07, 6.45) is 3.32. The van der Waals surface area contributed by atoms with E-state index in [0.29, 0.717) is 6.04 Å². The average Bonchev–Trinajstić information content (AvgIpc) is 2.66. The fourth-order valence-electron chi connectivity index (χ4n) is 3.77. The monoisotopic (exact) mass is 371 g/mol. The molecule has 1 unspecified atom stereocenters. The summed E-state index contributed by atoms with van der Waals surface area (Å²) in [6.45, 7) is 3.48. The summed E-state index contributed by atoms with van der Waals surface area (Å²) < 4.78 is 2.28. The number of rotatable bonds is 5. The molecule has 1 aliphatic heterocycles. The number of hydrogen-bond acceptors (Lipinski definition) is 4. The Kier molecular flexibility index (Phi) is 5.60. The van der Waals surface area contributed by atoms with Crippen LogP contribution in [0.4, 0.5) is 5.82 Å². The molecule has 0 amide bonds. The minimum Gasteiger partial charge on any atom is -0.384 e. The highest BCUT2D eigenvalue weighted by Gasteiger charge is 2.28. The van der Waals surface area contributed by atoms with Gasteiger partial charge in [0.25, 0.3) is 5.56 Å². The smallest absolute Gasteiger partial charge is 0.332 e. The normalized spacial score (nSPS) is 19.8. The maximum absolute atomic E-state index is 12.9. The Morgan fingerprint density at radius 2 is 1.93 bits per heavy atom. The molecule has 2 atom stereocenters. The molecule has 27 heavy (non-hydrogen) atoms. The van der Waals surface area contributed by atoms with Gasteiger partial charge in [-0.1, -0.05) is 30.3 Å². The summed E-state index contributed by atoms with van der Waals surface area (Å²) in [4.78, 5) is 39.3. The van der Waals surface area contributed by atoms with Crippen LogP contribution in [0, 0.1) is 0 Å². The summed E-state index contributed by atoms with van der Waals surface area (Å²) in [7, 11) is 1.39. The lowest BCUT2D eigenvalue weighted by atomic mass is 10.0. The van der Waals surface area contributed by atoms with Crippen LogP contribution in [-0.2, 0) is 13.6 Å². The van der Waals surface area contributed by atoms with Crippen molar-refractivity contribution in [3.8, 4) is 0 Å². The Morgan fingerprint density at radius 1 is 1.22 bits per heavy atom. The van der Waals surface area contributed by atoms with Crippen molar-refractivity contribution in [1.82, 2.24) is 9.13 Å². The highest BCUT2D eigenvalue weighted by molar-refractivity contribution is 6.00. The molecule has 1 aliphatic rings. The van der Waals surface area contributed by atoms with E-state index in [1.807, 2.05) is 30.3 Å². The molecule has 0 bridgehead atoms. The van der Waals surface area contributed by atoms with Crippen LogP contribution in [0.5, 0.6) is 0 Å². The number of benzene rings is 1. The summed E-state index contributed by atoms with van der Waals surface area (Å²) in [5.74, 6) is -0.334. The lowest BCUT2D eigenvalue weighted by Crippen LogP contribution is -3.17. The number of Topliss-reactive ketones (excluding diaryl/α,β-unsaturated/α-hetero) is 1. The molecule has 3 rings (SSSR count). The first kappa shape index (κ1) is 19.1. The van der Waals surface area contributed by atoms with E-state index in [1.54, 1.807) is 0 Å². The maximum atomic E-state index is 12.9. The number of likely N-dealkylation sites (tertiary alicyclic amines) is 1. The number of nitrogens with two attached hydrogens (primary N) is 1. The minimum atomic E-state index is -0.615. The average molecular weight is 371 g/mol. The number of nitrogen functional groups attached to an aromatic ring is 1. The molecule has 0 aliphatic carbocycles. The molecule has 1 saturated heterocycles. The van der Waals surface area contributed by atoms with Gasteiger partial charge in [-0.15, -0.1) is 0 Å². The molecule has 0 saturated carbocycles. The zero-order valence-corrected chi connectivity index (χ0v) is 15.9. The quantitative estimate of drug-likeness (QED) is 0.713. The van der Waals surface area contributed by atoms with Gasteiger partial charge < -0.3 is 10.6 Å². The van der Waals surface area contributed by atoms with Crippen LogP contribution in [0.1, 0.15) is 42.1 Å². The van der Waals surface area contributed by atoms with Crippen molar-refractivity contribution in [3.05, 3.63) is 62.3 Å². The van der Waals surface area contributed by atoms with E-state index in [-0.39, 0.29) is 30.3 Å². The molecule has 2 aromatic rings. The molecule has 1 fully saturated rings. The van der Waals surface area contributed by atoms with Gasteiger partial charge in [-0.2, -0.15) is 0 Å². The predicted octanol–water partition coefficient (Wildman–Crippen LogP) is -0.182. The number of ketones is 1. The summed E-state index contributed by atoms with van der Waals surface area (Å²) in [6, 6.07) is 9.74. The second-order valence-corrected chi connectivity index (χ2v) is 7.38. The van der Waals surface area contributed by atoms with Gasteiger partial charge in [0, 0.05) is 7.05 Å². The zero-order chi connectivity index (χ0) is 19.6. The lowest BCUT2D eigenvalue weighted by molar-refractivity contribution is -0.920. The minimum absolute atomic E-state index is 0.0407. The van der Waals surface area contributed by atoms with Crippen molar-refractivity contribution < 1.29 is 9.69 Å². The molecule has 1 aromatic heterocycles. The fourth-order valence-corrected chi connectivity index (χ4v) is 3.77. The Hall–Kier alpha value is -2.67. The molecular weight excluding hydrogens is 344 g/mol. The van der Waals surface area contributed by atoms with Crippen LogP contribution in [-0.4, -0.2) is 34.0 Å². The first-order valence-electron chi connectivity index (χ1n) is 9.41. The third-order valence-electron chi connectivity index (χ3n) is 5.52. The van der Waals surface area contributed by atoms with Gasteiger partial charge in [0.15, 0.2) is 0 Å². The van der Waals surface area contributed by atoms with Crippen LogP contribution in [0.15, 0.2) is 39.9 Å². The van der Waals surface area contributed by atoms with Crippen molar-refractivity contribution in [2.24, 2.45) is 7.05 Å². The lowest BCUT2D eigenvalue weighted by Gasteiger charge is -2.29. The van der Waals surface area contributed by atoms with E-state index in [1.165, 1.54) is 22.9 Å². The van der Waals surface area contributed by atoms with E-state index in [4.69, 9.17) is 5.73 Å². The summed E-state index contributed by atoms with van der Waals surface area (Å²) in [5.41, 5.74) is 5.83. The second kappa shape index (κ2) is 7.92. The number of anilines is 1. The van der Waals surface area contributed by atoms with Crippen molar-refractivity contribution in [3.63, 3.8) is 0 Å². The van der Waals surface area contributed by atoms with Crippen LogP contribution >= 0.6 is 0 Å². The fraction of sp³-hybridized carbons (Fsp3) is 0.450. The van der Waals surface area contributed by atoms with Gasteiger partial charge in [-0.25, -0.2) is 4.79 Å². The molecule has 3 N–H and O–H groups in total. The molecule has 144 valence electrons. The largest absolute Gasteiger partial charge is 0.384 e. The van der Waals surface area contributed by atoms with E-state index < -0.39 is 11.2 Å². The van der Waals surface area contributed by atoms with Crippen LogP contribution in [0.25, 0.3) is 0 Å². The number of nitrogens with one attached hydrogen (secondary N) is 1. The molecule has 2 heterocycles. The first-order chi connectivity index (χ1) is 12.9. The van der Waals surface area contributed by atoms with Crippen molar-refractivity contribution in [2.45, 2.75) is 38.8 Å². The van der Waals surface area contributed by atoms with Gasteiger partial charge in [-0.05, 0) is 31.7 Å². The molecule has 0 spiro atoms. The van der Waals surface area contributed by atoms with E-state index in [2.05, 4.69) is 6.92 Å². The Morgan fingerprint density at radius 3 is 2.59 bits per heavy atom. The number of piperidine rings is 1. The number of nitrogens with zero attached hydrogens (tertiary/aromatic N) is 2. The number of carbonyl (C=O) groups excluding carboxylic acids is 1. The topological polar surface area (TPSA) is 91.5 Å². The Balaban J connectivity index is 1.98. The Labute approximate surface area is 158 Å². The predicted molar refractivity (Wildman–Crippen MR) is 104 cm³/mol. The van der Waals surface area contributed by atoms with E-state index in [0.717, 1.165) is 29.5 Å². The highest BCUT2D eigenvalue weighted by atomic mass is 16.2. The molecule has 7 nitrogen and oxygen atoms in total. The summed E-state index contributed by atoms with van der Waals surface area (Å²) >= 11 is 0. The zero-order valence-electron chi connectivity index (χ0n) is 15.9. The molecular formula is C20H27N4O3+. The van der Waals surface area contributed by atoms with Crippen molar-refractivity contribution >= 4 is 11.6 Å². The number of carbonyl (C=O) groups is 1. The second-order valence-electron chi connectivity index (χ2n) is 7.38. The number of hydrogen-bond donors (Lipinski definition) is 2. The van der Waals surface area contributed by atoms with E-state index in [9.17, 15) is 14.4 Å². The van der Waals surface area contributed by atoms with Crippen molar-refractivity contribution in [1.29, 1.82) is 0 Å². The van der Waals surface area contributed by atoms with Crippen LogP contribution in [0.2, 0.25) is 0 Å². The third-order valence-corrected chi connectivity index (χ3v) is 5.52.